The molecule has 0 amide bonds. The number of nitrogens with zero attached hydrogens (tertiary/aromatic N) is 3. The molecule has 1 aromatic carbocycles. The number of ketones is 1. The minimum Gasteiger partial charge on any atom is -0.453 e. The molecule has 25 heavy (non-hydrogen) atoms. The Labute approximate surface area is 152 Å². The number of halogens is 1. The summed E-state index contributed by atoms with van der Waals surface area (Å²) in [4.78, 5) is 34.7. The summed E-state index contributed by atoms with van der Waals surface area (Å²) in [6.45, 7) is 4.17. The van der Waals surface area contributed by atoms with E-state index in [4.69, 9.17) is 4.74 Å². The molecule has 0 unspecified atom stereocenters. The van der Waals surface area contributed by atoms with E-state index in [9.17, 15) is 19.7 Å². The summed E-state index contributed by atoms with van der Waals surface area (Å²) in [6.07, 6.45) is -0.972. The van der Waals surface area contributed by atoms with Gasteiger partial charge in [0, 0.05) is 10.0 Å². The number of hydrogen-bond acceptors (Lipinski definition) is 6. The third-order valence-corrected chi connectivity index (χ3v) is 4.14. The van der Waals surface area contributed by atoms with Crippen LogP contribution in [0.25, 0.3) is 0 Å². The van der Waals surface area contributed by atoms with Crippen LogP contribution in [0.15, 0.2) is 28.7 Å². The third kappa shape index (κ3) is 4.30. The summed E-state index contributed by atoms with van der Waals surface area (Å²) in [5.41, 5.74) is 0.762. The van der Waals surface area contributed by atoms with Crippen molar-refractivity contribution in [2.75, 3.05) is 0 Å². The fourth-order valence-electron chi connectivity index (χ4n) is 2.36. The summed E-state index contributed by atoms with van der Waals surface area (Å²) < 4.78 is 7.17. The summed E-state index contributed by atoms with van der Waals surface area (Å²) in [5.74, 6) is -1.03. The number of carbonyl (C=O) groups excluding carboxylic acids is 2. The normalized spacial score (nSPS) is 11.8. The first kappa shape index (κ1) is 18.8. The number of nitro groups is 1. The number of aromatic nitrogens is 2. The van der Waals surface area contributed by atoms with Crippen molar-refractivity contribution in [1.29, 1.82) is 0 Å². The van der Waals surface area contributed by atoms with Crippen molar-refractivity contribution in [3.63, 3.8) is 0 Å². The molecule has 1 aromatic heterocycles. The first-order valence-corrected chi connectivity index (χ1v) is 8.17. The van der Waals surface area contributed by atoms with Crippen LogP contribution in [0.3, 0.4) is 0 Å². The maximum atomic E-state index is 12.3. The van der Waals surface area contributed by atoms with Gasteiger partial charge >= 0.3 is 11.7 Å². The first-order valence-electron chi connectivity index (χ1n) is 7.38. The number of aryl methyl sites for hydroxylation is 1. The van der Waals surface area contributed by atoms with Crippen LogP contribution >= 0.6 is 15.9 Å². The molecule has 2 aromatic rings. The molecular formula is C16H16BrN3O5. The summed E-state index contributed by atoms with van der Waals surface area (Å²) in [7, 11) is 0. The molecule has 0 N–H and O–H groups in total. The van der Waals surface area contributed by atoms with E-state index >= 15 is 0 Å². The second-order valence-electron chi connectivity index (χ2n) is 5.44. The van der Waals surface area contributed by atoms with E-state index in [2.05, 4.69) is 21.0 Å². The van der Waals surface area contributed by atoms with Gasteiger partial charge in [-0.25, -0.2) is 0 Å². The van der Waals surface area contributed by atoms with Gasteiger partial charge in [0.25, 0.3) is 0 Å². The van der Waals surface area contributed by atoms with Crippen LogP contribution in [0.2, 0.25) is 0 Å². The Bertz CT molecular complexity index is 829. The highest BCUT2D eigenvalue weighted by Crippen LogP contribution is 2.21. The van der Waals surface area contributed by atoms with Crippen molar-refractivity contribution < 1.29 is 19.2 Å². The second-order valence-corrected chi connectivity index (χ2v) is 6.35. The second kappa shape index (κ2) is 7.56. The number of benzene rings is 1. The first-order chi connectivity index (χ1) is 11.7. The molecular weight excluding hydrogens is 394 g/mol. The van der Waals surface area contributed by atoms with E-state index in [1.165, 1.54) is 25.5 Å². The minimum absolute atomic E-state index is 0.133. The lowest BCUT2D eigenvalue weighted by Gasteiger charge is -2.12. The number of Topliss-reactive ketones (excluding diaryl/α,β-unsaturated/α-hetero) is 1. The molecule has 0 fully saturated rings. The maximum Gasteiger partial charge on any atom is 0.328 e. The Morgan fingerprint density at radius 1 is 1.32 bits per heavy atom. The van der Waals surface area contributed by atoms with E-state index in [0.717, 1.165) is 4.47 Å². The van der Waals surface area contributed by atoms with Crippen molar-refractivity contribution >= 4 is 33.4 Å². The number of ether oxygens (including phenoxy) is 1. The average molecular weight is 410 g/mol. The highest BCUT2D eigenvalue weighted by atomic mass is 79.9. The van der Waals surface area contributed by atoms with E-state index < -0.39 is 17.0 Å². The summed E-state index contributed by atoms with van der Waals surface area (Å²) >= 11 is 3.28. The van der Waals surface area contributed by atoms with Gasteiger partial charge in [0.05, 0.1) is 4.92 Å². The van der Waals surface area contributed by atoms with Crippen LogP contribution < -0.4 is 0 Å². The number of rotatable bonds is 6. The van der Waals surface area contributed by atoms with Crippen LogP contribution in [-0.2, 0) is 16.1 Å². The molecule has 0 aliphatic heterocycles. The molecule has 1 atom stereocenters. The molecule has 0 bridgehead atoms. The van der Waals surface area contributed by atoms with Gasteiger partial charge in [0.1, 0.15) is 17.9 Å². The van der Waals surface area contributed by atoms with Crippen LogP contribution in [-0.4, -0.2) is 32.6 Å². The molecule has 2 rings (SSSR count). The zero-order valence-corrected chi connectivity index (χ0v) is 15.4. The van der Waals surface area contributed by atoms with Gasteiger partial charge in [-0.15, -0.1) is 0 Å². The lowest BCUT2D eigenvalue weighted by Crippen LogP contribution is -2.27. The van der Waals surface area contributed by atoms with Gasteiger partial charge < -0.3 is 4.74 Å². The van der Waals surface area contributed by atoms with Gasteiger partial charge in [-0.05, 0) is 32.9 Å². The molecule has 0 saturated heterocycles. The molecule has 0 spiro atoms. The van der Waals surface area contributed by atoms with Crippen LogP contribution in [0.4, 0.5) is 5.69 Å². The number of carbonyl (C=O) groups is 2. The Hall–Kier alpha value is -2.55. The Morgan fingerprint density at radius 2 is 1.92 bits per heavy atom. The molecule has 0 radical (unpaired) electrons. The molecule has 132 valence electrons. The van der Waals surface area contributed by atoms with E-state index in [1.807, 2.05) is 0 Å². The number of hydrogen-bond donors (Lipinski definition) is 0. The van der Waals surface area contributed by atoms with Gasteiger partial charge in [-0.2, -0.15) is 5.10 Å². The predicted octanol–water partition coefficient (Wildman–Crippen LogP) is 2.99. The van der Waals surface area contributed by atoms with E-state index in [-0.39, 0.29) is 29.4 Å². The predicted molar refractivity (Wildman–Crippen MR) is 92.4 cm³/mol. The van der Waals surface area contributed by atoms with Crippen molar-refractivity contribution in [1.82, 2.24) is 9.78 Å². The lowest BCUT2D eigenvalue weighted by atomic mass is 10.1. The molecule has 0 aliphatic carbocycles. The third-order valence-electron chi connectivity index (χ3n) is 3.61. The van der Waals surface area contributed by atoms with Crippen LogP contribution in [0.5, 0.6) is 0 Å². The van der Waals surface area contributed by atoms with Gasteiger partial charge in [0.15, 0.2) is 6.10 Å². The molecule has 0 saturated carbocycles. The fraction of sp³-hybridized carbons (Fsp3) is 0.312. The Balaban J connectivity index is 2.05. The topological polar surface area (TPSA) is 104 Å². The monoisotopic (exact) mass is 409 g/mol. The van der Waals surface area contributed by atoms with Crippen molar-refractivity contribution in [3.8, 4) is 0 Å². The SMILES string of the molecule is Cc1nn(CC(=O)O[C@H](C)C(=O)c2ccc(Br)cc2)c(C)c1[N+](=O)[O-]. The maximum absolute atomic E-state index is 12.3. The smallest absolute Gasteiger partial charge is 0.328 e. The lowest BCUT2D eigenvalue weighted by molar-refractivity contribution is -0.386. The van der Waals surface area contributed by atoms with Gasteiger partial charge in [-0.3, -0.25) is 24.4 Å². The van der Waals surface area contributed by atoms with Crippen LogP contribution in [0.1, 0.15) is 28.7 Å². The van der Waals surface area contributed by atoms with Crippen molar-refractivity contribution in [2.24, 2.45) is 0 Å². The van der Waals surface area contributed by atoms with E-state index in [0.29, 0.717) is 5.56 Å². The highest BCUT2D eigenvalue weighted by Gasteiger charge is 2.25. The van der Waals surface area contributed by atoms with Gasteiger partial charge in [-0.1, -0.05) is 28.1 Å². The minimum atomic E-state index is -0.972. The standard InChI is InChI=1S/C16H16BrN3O5/c1-9-15(20(23)24)10(2)19(18-9)8-14(21)25-11(3)16(22)12-4-6-13(17)7-5-12/h4-7,11H,8H2,1-3H3/t11-/m1/s1. The number of esters is 1. The largest absolute Gasteiger partial charge is 0.453 e. The fourth-order valence-corrected chi connectivity index (χ4v) is 2.63. The molecule has 8 nitrogen and oxygen atoms in total. The zero-order valence-electron chi connectivity index (χ0n) is 13.9. The summed E-state index contributed by atoms with van der Waals surface area (Å²) in [6, 6.07) is 6.69. The van der Waals surface area contributed by atoms with Crippen molar-refractivity contribution in [2.45, 2.75) is 33.4 Å². The van der Waals surface area contributed by atoms with Crippen LogP contribution in [0, 0.1) is 24.0 Å². The van der Waals surface area contributed by atoms with Gasteiger partial charge in [0.2, 0.25) is 5.78 Å². The summed E-state index contributed by atoms with van der Waals surface area (Å²) in [5, 5.41) is 15.0. The van der Waals surface area contributed by atoms with E-state index in [1.54, 1.807) is 24.3 Å². The van der Waals surface area contributed by atoms with Crippen molar-refractivity contribution in [3.05, 3.63) is 55.8 Å². The molecule has 0 aliphatic rings. The quantitative estimate of drug-likeness (QED) is 0.314. The Kier molecular flexibility index (Phi) is 5.68. The molecule has 9 heteroatoms. The Morgan fingerprint density at radius 3 is 2.44 bits per heavy atom. The zero-order chi connectivity index (χ0) is 18.7. The highest BCUT2D eigenvalue weighted by molar-refractivity contribution is 9.10. The molecule has 1 heterocycles. The average Bonchev–Trinajstić information content (AvgIpc) is 2.81.